The van der Waals surface area contributed by atoms with Gasteiger partial charge in [-0.25, -0.2) is 9.67 Å². The van der Waals surface area contributed by atoms with Gasteiger partial charge in [0.15, 0.2) is 17.2 Å². The highest BCUT2D eigenvalue weighted by Crippen LogP contribution is 2.37. The summed E-state index contributed by atoms with van der Waals surface area (Å²) in [4.78, 5) is 32.7. The van der Waals surface area contributed by atoms with Crippen LogP contribution in [0.2, 0.25) is 0 Å². The molecule has 8 nitrogen and oxygen atoms in total. The van der Waals surface area contributed by atoms with Crippen LogP contribution in [0.4, 0.5) is 18.9 Å². The van der Waals surface area contributed by atoms with E-state index in [4.69, 9.17) is 8.53 Å². The van der Waals surface area contributed by atoms with Crippen molar-refractivity contribution < 1.29 is 31.3 Å². The molecule has 1 aliphatic rings. The first kappa shape index (κ1) is 22.8. The van der Waals surface area contributed by atoms with Gasteiger partial charge in [-0.05, 0) is 30.3 Å². The van der Waals surface area contributed by atoms with Gasteiger partial charge in [-0.1, -0.05) is 26.8 Å². The third-order valence-electron chi connectivity index (χ3n) is 6.53. The highest BCUT2D eigenvalue weighted by atomic mass is 19.4. The topological polar surface area (TPSA) is 84.5 Å². The van der Waals surface area contributed by atoms with Gasteiger partial charge < -0.3 is 14.2 Å². The number of alkyl halides is 3. The Morgan fingerprint density at radius 1 is 1.13 bits per heavy atom. The standard InChI is InChI=1S/C28H28F3N5O3/c1-16-32-21-10-9-18(14-23(21)39-16)34(5)25(37)17-7-6-8-19(13-17)36-22-11-12-35(26(38)27(2,3)4)15-20(22)24(33-36)28(29,30)31/h6-10,13-14H,11-12,15H2,1-5H3/i5D3. The molecule has 0 fully saturated rings. The largest absolute Gasteiger partial charge is 0.441 e. The zero-order valence-corrected chi connectivity index (χ0v) is 21.8. The van der Waals surface area contributed by atoms with Crippen LogP contribution < -0.4 is 4.90 Å². The lowest BCUT2D eigenvalue weighted by Gasteiger charge is -2.33. The molecular weight excluding hydrogens is 511 g/mol. The number of aromatic nitrogens is 3. The van der Waals surface area contributed by atoms with Crippen molar-refractivity contribution in [3.8, 4) is 5.69 Å². The predicted octanol–water partition coefficient (Wildman–Crippen LogP) is 5.55. The highest BCUT2D eigenvalue weighted by Gasteiger charge is 2.42. The number of nitrogens with zero attached hydrogens (tertiary/aromatic N) is 5. The van der Waals surface area contributed by atoms with Crippen LogP contribution in [0.5, 0.6) is 0 Å². The third kappa shape index (κ3) is 4.88. The van der Waals surface area contributed by atoms with E-state index in [1.807, 2.05) is 0 Å². The number of carbonyl (C=O) groups is 2. The Hall–Kier alpha value is -4.15. The summed E-state index contributed by atoms with van der Waals surface area (Å²) in [6.07, 6.45) is -4.68. The maximum atomic E-state index is 14.1. The van der Waals surface area contributed by atoms with Crippen LogP contribution in [0.25, 0.3) is 16.8 Å². The van der Waals surface area contributed by atoms with E-state index in [1.165, 1.54) is 47.4 Å². The van der Waals surface area contributed by atoms with Crippen molar-refractivity contribution >= 4 is 28.6 Å². The molecule has 0 radical (unpaired) electrons. The molecule has 0 saturated heterocycles. The molecule has 0 atom stereocenters. The van der Waals surface area contributed by atoms with E-state index in [0.717, 1.165) is 4.68 Å². The molecule has 5 rings (SSSR count). The van der Waals surface area contributed by atoms with Gasteiger partial charge in [0.2, 0.25) is 5.91 Å². The van der Waals surface area contributed by atoms with Crippen LogP contribution in [0, 0.1) is 12.3 Å². The highest BCUT2D eigenvalue weighted by molar-refractivity contribution is 6.06. The minimum absolute atomic E-state index is 0.0356. The lowest BCUT2D eigenvalue weighted by molar-refractivity contribution is -0.145. The molecule has 204 valence electrons. The second-order valence-electron chi connectivity index (χ2n) is 10.5. The normalized spacial score (nSPS) is 15.5. The molecule has 0 bridgehead atoms. The summed E-state index contributed by atoms with van der Waals surface area (Å²) in [5.74, 6) is -0.801. The zero-order valence-electron chi connectivity index (χ0n) is 24.8. The van der Waals surface area contributed by atoms with E-state index in [2.05, 4.69) is 10.1 Å². The molecule has 2 amide bonds. The van der Waals surface area contributed by atoms with E-state index >= 15 is 0 Å². The number of anilines is 1. The molecule has 11 heteroatoms. The Morgan fingerprint density at radius 2 is 1.90 bits per heavy atom. The van der Waals surface area contributed by atoms with Gasteiger partial charge in [0.25, 0.3) is 5.91 Å². The van der Waals surface area contributed by atoms with Crippen molar-refractivity contribution in [1.29, 1.82) is 0 Å². The predicted molar refractivity (Wildman–Crippen MR) is 139 cm³/mol. The molecule has 0 N–H and O–H groups in total. The summed E-state index contributed by atoms with van der Waals surface area (Å²) < 4.78 is 73.1. The fraction of sp³-hybridized carbons (Fsp3) is 0.357. The number of aryl methyl sites for hydroxylation is 1. The van der Waals surface area contributed by atoms with Gasteiger partial charge >= 0.3 is 6.18 Å². The third-order valence-corrected chi connectivity index (χ3v) is 6.53. The Balaban J connectivity index is 1.55. The molecule has 2 aromatic carbocycles. The molecule has 0 spiro atoms. The van der Waals surface area contributed by atoms with Crippen LogP contribution in [0.15, 0.2) is 46.9 Å². The molecule has 4 aromatic rings. The first-order chi connectivity index (χ1) is 19.4. The van der Waals surface area contributed by atoms with Crippen LogP contribution in [0.1, 0.15) is 58.1 Å². The van der Waals surface area contributed by atoms with Gasteiger partial charge in [0, 0.05) is 65.8 Å². The molecule has 2 aromatic heterocycles. The van der Waals surface area contributed by atoms with Gasteiger partial charge in [-0.2, -0.15) is 18.3 Å². The minimum Gasteiger partial charge on any atom is -0.441 e. The smallest absolute Gasteiger partial charge is 0.435 e. The lowest BCUT2D eigenvalue weighted by Crippen LogP contribution is -2.42. The van der Waals surface area contributed by atoms with Crippen molar-refractivity contribution in [3.05, 3.63) is 70.9 Å². The molecule has 3 heterocycles. The fourth-order valence-electron chi connectivity index (χ4n) is 4.69. The van der Waals surface area contributed by atoms with E-state index in [0.29, 0.717) is 21.9 Å². The molecule has 0 saturated carbocycles. The van der Waals surface area contributed by atoms with Gasteiger partial charge in [-0.3, -0.25) is 9.59 Å². The number of hydrogen-bond donors (Lipinski definition) is 0. The van der Waals surface area contributed by atoms with Crippen molar-refractivity contribution in [2.45, 2.75) is 46.8 Å². The quantitative estimate of drug-likeness (QED) is 0.339. The van der Waals surface area contributed by atoms with Gasteiger partial charge in [0.05, 0.1) is 11.4 Å². The van der Waals surface area contributed by atoms with E-state index in [9.17, 15) is 22.8 Å². The molecule has 39 heavy (non-hydrogen) atoms. The fourth-order valence-corrected chi connectivity index (χ4v) is 4.69. The Morgan fingerprint density at radius 3 is 2.59 bits per heavy atom. The number of oxazole rings is 1. The first-order valence-electron chi connectivity index (χ1n) is 13.7. The maximum Gasteiger partial charge on any atom is 0.435 e. The number of amides is 2. The second kappa shape index (κ2) is 9.25. The summed E-state index contributed by atoms with van der Waals surface area (Å²) >= 11 is 0. The molecule has 0 unspecified atom stereocenters. The lowest BCUT2D eigenvalue weighted by atomic mass is 9.93. The SMILES string of the molecule is [2H]C([2H])([2H])N(C(=O)c1cccc(-n2nc(C(F)(F)F)c3c2CCN(C(=O)C(C)(C)C)C3)c1)c1ccc2nc(C)oc2c1. The number of fused-ring (bicyclic) bond motifs is 2. The number of halogens is 3. The van der Waals surface area contributed by atoms with Crippen molar-refractivity contribution in [3.63, 3.8) is 0 Å². The number of benzene rings is 2. The maximum absolute atomic E-state index is 14.1. The second-order valence-corrected chi connectivity index (χ2v) is 10.5. The van der Waals surface area contributed by atoms with Crippen LogP contribution >= 0.6 is 0 Å². The number of rotatable bonds is 3. The summed E-state index contributed by atoms with van der Waals surface area (Å²) in [5, 5.41) is 3.88. The number of hydrogen-bond acceptors (Lipinski definition) is 5. The van der Waals surface area contributed by atoms with Crippen LogP contribution in [0.3, 0.4) is 0 Å². The summed E-state index contributed by atoms with van der Waals surface area (Å²) in [6.45, 7) is 3.79. The van der Waals surface area contributed by atoms with E-state index < -0.39 is 30.2 Å². The van der Waals surface area contributed by atoms with E-state index in [1.54, 1.807) is 27.7 Å². The first-order valence-corrected chi connectivity index (χ1v) is 12.2. The molecule has 1 aliphatic heterocycles. The summed E-state index contributed by atoms with van der Waals surface area (Å²) in [7, 11) is 0. The van der Waals surface area contributed by atoms with Crippen LogP contribution in [-0.4, -0.2) is 45.0 Å². The average Bonchev–Trinajstić information content (AvgIpc) is 3.46. The van der Waals surface area contributed by atoms with Crippen molar-refractivity contribution in [1.82, 2.24) is 19.7 Å². The Kier molecular flexibility index (Phi) is 5.41. The van der Waals surface area contributed by atoms with Gasteiger partial charge in [-0.15, -0.1) is 0 Å². The van der Waals surface area contributed by atoms with Gasteiger partial charge in [0.1, 0.15) is 5.52 Å². The zero-order chi connectivity index (χ0) is 30.8. The molecule has 0 aliphatic carbocycles. The van der Waals surface area contributed by atoms with Crippen LogP contribution in [-0.2, 0) is 23.9 Å². The summed E-state index contributed by atoms with van der Waals surface area (Å²) in [5.41, 5.74) is -0.830. The average molecular weight is 543 g/mol. The Labute approximate surface area is 227 Å². The molecular formula is C28H28F3N5O3. The summed E-state index contributed by atoms with van der Waals surface area (Å²) in [6, 6.07) is 9.98. The monoisotopic (exact) mass is 542 g/mol. The van der Waals surface area contributed by atoms with Crippen molar-refractivity contribution in [2.24, 2.45) is 5.41 Å². The minimum atomic E-state index is -4.79. The van der Waals surface area contributed by atoms with E-state index in [-0.39, 0.29) is 53.6 Å². The Bertz CT molecular complexity index is 1700. The number of carbonyl (C=O) groups excluding carboxylic acids is 2. The van der Waals surface area contributed by atoms with Crippen molar-refractivity contribution in [2.75, 3.05) is 18.4 Å².